The number of carboxylic acid groups (broad SMARTS) is 1. The summed E-state index contributed by atoms with van der Waals surface area (Å²) >= 11 is 0. The van der Waals surface area contributed by atoms with E-state index in [-0.39, 0.29) is 18.5 Å². The minimum Gasteiger partial charge on any atom is -0.481 e. The lowest BCUT2D eigenvalue weighted by molar-refractivity contribution is -0.137. The van der Waals surface area contributed by atoms with Crippen LogP contribution in [0.25, 0.3) is 0 Å². The highest BCUT2D eigenvalue weighted by molar-refractivity contribution is 5.74. The number of urea groups is 1. The van der Waals surface area contributed by atoms with Crippen LogP contribution in [0.3, 0.4) is 0 Å². The lowest BCUT2D eigenvalue weighted by Crippen LogP contribution is -2.51. The highest BCUT2D eigenvalue weighted by atomic mass is 16.5. The number of nitrogens with zero attached hydrogens (tertiary/aromatic N) is 1. The summed E-state index contributed by atoms with van der Waals surface area (Å²) in [6, 6.07) is -0.0623. The lowest BCUT2D eigenvalue weighted by Gasteiger charge is -2.34. The van der Waals surface area contributed by atoms with Crippen LogP contribution in [0.2, 0.25) is 0 Å². The summed E-state index contributed by atoms with van der Waals surface area (Å²) < 4.78 is 5.14. The molecule has 1 fully saturated rings. The van der Waals surface area contributed by atoms with Crippen molar-refractivity contribution < 1.29 is 19.4 Å². The first-order valence-corrected chi connectivity index (χ1v) is 7.70. The van der Waals surface area contributed by atoms with Crippen molar-refractivity contribution in [2.24, 2.45) is 11.8 Å². The first kappa shape index (κ1) is 17.8. The fourth-order valence-corrected chi connectivity index (χ4v) is 2.64. The van der Waals surface area contributed by atoms with E-state index < -0.39 is 5.97 Å². The molecule has 1 aliphatic heterocycles. The molecule has 0 aromatic rings. The van der Waals surface area contributed by atoms with Gasteiger partial charge < -0.3 is 20.1 Å². The molecule has 0 bridgehead atoms. The summed E-state index contributed by atoms with van der Waals surface area (Å²) in [5.41, 5.74) is 0. The number of piperidine rings is 1. The van der Waals surface area contributed by atoms with Crippen LogP contribution in [0.4, 0.5) is 4.79 Å². The third-order valence-corrected chi connectivity index (χ3v) is 4.03. The maximum Gasteiger partial charge on any atom is 0.317 e. The second-order valence-corrected chi connectivity index (χ2v) is 6.14. The lowest BCUT2D eigenvalue weighted by atomic mass is 9.93. The van der Waals surface area contributed by atoms with Gasteiger partial charge in [0.2, 0.25) is 0 Å². The van der Waals surface area contributed by atoms with Gasteiger partial charge in [0.15, 0.2) is 0 Å². The molecule has 2 atom stereocenters. The Morgan fingerprint density at radius 2 is 2.14 bits per heavy atom. The van der Waals surface area contributed by atoms with E-state index in [1.807, 2.05) is 0 Å². The molecule has 1 rings (SSSR count). The molecule has 0 radical (unpaired) electrons. The van der Waals surface area contributed by atoms with E-state index in [1.54, 1.807) is 12.0 Å². The number of aliphatic carboxylic acids is 1. The van der Waals surface area contributed by atoms with Crippen LogP contribution in [-0.2, 0) is 9.53 Å². The van der Waals surface area contributed by atoms with Crippen LogP contribution < -0.4 is 5.32 Å². The van der Waals surface area contributed by atoms with Gasteiger partial charge >= 0.3 is 12.0 Å². The SMILES string of the molecule is COCC(NC(=O)N1CCCC(CCC(=O)O)C1)C(C)C. The van der Waals surface area contributed by atoms with E-state index in [2.05, 4.69) is 19.2 Å². The minimum absolute atomic E-state index is 0.00176. The standard InChI is InChI=1S/C15H28N2O4/c1-11(2)13(10-21-3)16-15(20)17-8-4-5-12(9-17)6-7-14(18)19/h11-13H,4-10H2,1-3H3,(H,16,20)(H,18,19). The number of ether oxygens (including phenoxy) is 1. The normalized spacial score (nSPS) is 20.4. The third kappa shape index (κ3) is 6.33. The number of hydrogen-bond donors (Lipinski definition) is 2. The van der Waals surface area contributed by atoms with Gasteiger partial charge in [-0.25, -0.2) is 4.79 Å². The van der Waals surface area contributed by atoms with Crippen molar-refractivity contribution in [3.05, 3.63) is 0 Å². The van der Waals surface area contributed by atoms with E-state index in [0.717, 1.165) is 19.4 Å². The van der Waals surface area contributed by atoms with Crippen molar-refractivity contribution in [1.82, 2.24) is 10.2 Å². The molecule has 0 aromatic heterocycles. The molecule has 6 nitrogen and oxygen atoms in total. The van der Waals surface area contributed by atoms with Crippen molar-refractivity contribution in [2.45, 2.75) is 45.6 Å². The van der Waals surface area contributed by atoms with Crippen LogP contribution in [0.15, 0.2) is 0 Å². The molecule has 21 heavy (non-hydrogen) atoms. The van der Waals surface area contributed by atoms with Crippen LogP contribution >= 0.6 is 0 Å². The van der Waals surface area contributed by atoms with Gasteiger partial charge in [0.25, 0.3) is 0 Å². The van der Waals surface area contributed by atoms with E-state index in [9.17, 15) is 9.59 Å². The Bertz CT molecular complexity index is 347. The quantitative estimate of drug-likeness (QED) is 0.753. The van der Waals surface area contributed by atoms with Crippen LogP contribution in [0.5, 0.6) is 0 Å². The molecule has 2 amide bonds. The molecular weight excluding hydrogens is 272 g/mol. The maximum absolute atomic E-state index is 12.3. The van der Waals surface area contributed by atoms with E-state index in [0.29, 0.717) is 31.4 Å². The van der Waals surface area contributed by atoms with Gasteiger partial charge in [-0.15, -0.1) is 0 Å². The molecule has 0 aromatic carbocycles. The van der Waals surface area contributed by atoms with Crippen molar-refractivity contribution in [2.75, 3.05) is 26.8 Å². The summed E-state index contributed by atoms with van der Waals surface area (Å²) in [6.45, 7) is 6.00. The predicted molar refractivity (Wildman–Crippen MR) is 80.2 cm³/mol. The molecular formula is C15H28N2O4. The van der Waals surface area contributed by atoms with Crippen molar-refractivity contribution in [3.8, 4) is 0 Å². The van der Waals surface area contributed by atoms with Crippen LogP contribution in [0, 0.1) is 11.8 Å². The van der Waals surface area contributed by atoms with E-state index in [4.69, 9.17) is 9.84 Å². The Labute approximate surface area is 126 Å². The van der Waals surface area contributed by atoms with E-state index in [1.165, 1.54) is 0 Å². The average Bonchev–Trinajstić information content (AvgIpc) is 2.44. The Morgan fingerprint density at radius 1 is 1.43 bits per heavy atom. The topological polar surface area (TPSA) is 78.9 Å². The van der Waals surface area contributed by atoms with Gasteiger partial charge in [0.05, 0.1) is 12.6 Å². The fraction of sp³-hybridized carbons (Fsp3) is 0.867. The Kier molecular flexibility index (Phi) is 7.50. The second kappa shape index (κ2) is 8.87. The van der Waals surface area contributed by atoms with Gasteiger partial charge in [-0.1, -0.05) is 13.8 Å². The summed E-state index contributed by atoms with van der Waals surface area (Å²) in [5.74, 6) is -0.168. The molecule has 1 aliphatic rings. The zero-order valence-corrected chi connectivity index (χ0v) is 13.3. The fourth-order valence-electron chi connectivity index (χ4n) is 2.64. The number of carbonyl (C=O) groups is 2. The van der Waals surface area contributed by atoms with Gasteiger partial charge in [0, 0.05) is 26.6 Å². The minimum atomic E-state index is -0.767. The number of carbonyl (C=O) groups excluding carboxylic acids is 1. The number of nitrogens with one attached hydrogen (secondary N) is 1. The summed E-state index contributed by atoms with van der Waals surface area (Å²) in [5, 5.41) is 11.8. The third-order valence-electron chi connectivity index (χ3n) is 4.03. The molecule has 2 unspecified atom stereocenters. The molecule has 1 heterocycles. The molecule has 1 saturated heterocycles. The van der Waals surface area contributed by atoms with E-state index >= 15 is 0 Å². The first-order valence-electron chi connectivity index (χ1n) is 7.70. The molecule has 0 saturated carbocycles. The average molecular weight is 300 g/mol. The summed E-state index contributed by atoms with van der Waals surface area (Å²) in [7, 11) is 1.63. The highest BCUT2D eigenvalue weighted by Gasteiger charge is 2.26. The number of amides is 2. The number of rotatable bonds is 7. The highest BCUT2D eigenvalue weighted by Crippen LogP contribution is 2.21. The summed E-state index contributed by atoms with van der Waals surface area (Å²) in [4.78, 5) is 24.8. The Hall–Kier alpha value is -1.30. The van der Waals surface area contributed by atoms with Crippen molar-refractivity contribution in [1.29, 1.82) is 0 Å². The maximum atomic E-state index is 12.3. The largest absolute Gasteiger partial charge is 0.481 e. The van der Waals surface area contributed by atoms with Gasteiger partial charge in [-0.2, -0.15) is 0 Å². The zero-order valence-electron chi connectivity index (χ0n) is 13.3. The predicted octanol–water partition coefficient (Wildman–Crippen LogP) is 1.94. The van der Waals surface area contributed by atoms with Crippen molar-refractivity contribution >= 4 is 12.0 Å². The number of carboxylic acids is 1. The monoisotopic (exact) mass is 300 g/mol. The number of methoxy groups -OCH3 is 1. The second-order valence-electron chi connectivity index (χ2n) is 6.14. The van der Waals surface area contributed by atoms with Gasteiger partial charge in [-0.3, -0.25) is 4.79 Å². The molecule has 0 spiro atoms. The first-order chi connectivity index (χ1) is 9.93. The van der Waals surface area contributed by atoms with Gasteiger partial charge in [0.1, 0.15) is 0 Å². The molecule has 2 N–H and O–H groups in total. The number of hydrogen-bond acceptors (Lipinski definition) is 3. The molecule has 122 valence electrons. The molecule has 6 heteroatoms. The Morgan fingerprint density at radius 3 is 2.71 bits per heavy atom. The Balaban J connectivity index is 2.47. The zero-order chi connectivity index (χ0) is 15.8. The van der Waals surface area contributed by atoms with Crippen LogP contribution in [0.1, 0.15) is 39.5 Å². The van der Waals surface area contributed by atoms with Gasteiger partial charge in [-0.05, 0) is 31.1 Å². The number of likely N-dealkylation sites (tertiary alicyclic amines) is 1. The smallest absolute Gasteiger partial charge is 0.317 e. The summed E-state index contributed by atoms with van der Waals surface area (Å²) in [6.07, 6.45) is 2.76. The molecule has 0 aliphatic carbocycles. The van der Waals surface area contributed by atoms with Crippen LogP contribution in [-0.4, -0.2) is 54.9 Å². The van der Waals surface area contributed by atoms with Crippen molar-refractivity contribution in [3.63, 3.8) is 0 Å².